The molecule has 2 aliphatic rings. The van der Waals surface area contributed by atoms with E-state index in [-0.39, 0.29) is 30.2 Å². The molecule has 0 aromatic heterocycles. The monoisotopic (exact) mass is 193 g/mol. The average molecular weight is 193 g/mol. The van der Waals surface area contributed by atoms with Crippen LogP contribution in [0.25, 0.3) is 0 Å². The Hall–Kier alpha value is -1.41. The quantitative estimate of drug-likeness (QED) is 0.590. The van der Waals surface area contributed by atoms with Crippen LogP contribution in [0.2, 0.25) is 0 Å². The number of imide groups is 1. The third-order valence-electron chi connectivity index (χ3n) is 2.83. The van der Waals surface area contributed by atoms with Crippen molar-refractivity contribution in [2.45, 2.75) is 12.5 Å². The maximum absolute atomic E-state index is 11.5. The first kappa shape index (κ1) is 9.16. The maximum Gasteiger partial charge on any atom is 0.233 e. The zero-order chi connectivity index (χ0) is 10.3. The predicted molar refractivity (Wildman–Crippen MR) is 46.8 cm³/mol. The maximum atomic E-state index is 11.5. The predicted octanol–water partition coefficient (Wildman–Crippen LogP) is -0.897. The van der Waals surface area contributed by atoms with Crippen LogP contribution in [-0.2, 0) is 9.59 Å². The number of carbonyl (C=O) groups is 2. The summed E-state index contributed by atoms with van der Waals surface area (Å²) < 4.78 is 0. The zero-order valence-corrected chi connectivity index (χ0v) is 7.86. The number of hydrogen-bond acceptors (Lipinski definition) is 4. The number of carbonyl (C=O) groups excluding carboxylic acids is 2. The number of nitrogens with zero attached hydrogens (tertiary/aromatic N) is 2. The van der Waals surface area contributed by atoms with Gasteiger partial charge in [-0.05, 0) is 13.5 Å². The summed E-state index contributed by atoms with van der Waals surface area (Å²) in [5, 5.41) is 11.4. The van der Waals surface area contributed by atoms with Gasteiger partial charge in [-0.25, -0.2) is 0 Å². The van der Waals surface area contributed by atoms with E-state index in [0.29, 0.717) is 6.42 Å². The van der Waals surface area contributed by atoms with Crippen molar-refractivity contribution >= 4 is 11.8 Å². The van der Waals surface area contributed by atoms with E-state index in [9.17, 15) is 9.59 Å². The van der Waals surface area contributed by atoms with Crippen molar-refractivity contribution in [3.63, 3.8) is 0 Å². The first-order valence-electron chi connectivity index (χ1n) is 4.61. The molecule has 1 saturated heterocycles. The molecule has 2 fully saturated rings. The number of rotatable bonds is 3. The minimum atomic E-state index is -0.458. The fraction of sp³-hybridized carbons (Fsp3) is 0.667. The molecule has 0 bridgehead atoms. The molecule has 1 aliphatic carbocycles. The molecule has 2 rings (SSSR count). The third-order valence-corrected chi connectivity index (χ3v) is 2.83. The van der Waals surface area contributed by atoms with Crippen molar-refractivity contribution in [1.82, 2.24) is 10.2 Å². The first-order chi connectivity index (χ1) is 6.69. The average Bonchev–Trinajstić information content (AvgIpc) is 2.93. The molecule has 5 nitrogen and oxygen atoms in total. The van der Waals surface area contributed by atoms with Crippen molar-refractivity contribution in [1.29, 1.82) is 5.26 Å². The van der Waals surface area contributed by atoms with Crippen LogP contribution < -0.4 is 5.32 Å². The number of nitriles is 1. The van der Waals surface area contributed by atoms with Crippen molar-refractivity contribution in [2.24, 2.45) is 11.8 Å². The van der Waals surface area contributed by atoms with E-state index in [1.54, 1.807) is 7.05 Å². The number of hydrogen-bond donors (Lipinski definition) is 1. The molecule has 0 radical (unpaired) electrons. The molecule has 74 valence electrons. The highest BCUT2D eigenvalue weighted by atomic mass is 16.2. The van der Waals surface area contributed by atoms with Crippen LogP contribution in [0.3, 0.4) is 0 Å². The summed E-state index contributed by atoms with van der Waals surface area (Å²) >= 11 is 0. The van der Waals surface area contributed by atoms with Gasteiger partial charge in [-0.3, -0.25) is 14.5 Å². The van der Waals surface area contributed by atoms with Gasteiger partial charge in [-0.2, -0.15) is 5.26 Å². The van der Waals surface area contributed by atoms with E-state index in [0.717, 1.165) is 0 Å². The van der Waals surface area contributed by atoms with Crippen LogP contribution in [0.1, 0.15) is 6.42 Å². The lowest BCUT2D eigenvalue weighted by molar-refractivity contribution is -0.141. The van der Waals surface area contributed by atoms with Gasteiger partial charge in [0.05, 0.1) is 24.4 Å². The Morgan fingerprint density at radius 2 is 2.14 bits per heavy atom. The summed E-state index contributed by atoms with van der Waals surface area (Å²) in [6.07, 6.45) is 0.713. The number of amides is 2. The number of piperidine rings is 1. The largest absolute Gasteiger partial charge is 0.304 e. The van der Waals surface area contributed by atoms with Crippen molar-refractivity contribution in [3.8, 4) is 6.07 Å². The number of nitrogens with one attached hydrogen (secondary N) is 1. The van der Waals surface area contributed by atoms with Gasteiger partial charge in [0.1, 0.15) is 6.04 Å². The molecule has 14 heavy (non-hydrogen) atoms. The Balaban J connectivity index is 2.02. The highest BCUT2D eigenvalue weighted by molar-refractivity contribution is 6.08. The lowest BCUT2D eigenvalue weighted by Crippen LogP contribution is -2.43. The van der Waals surface area contributed by atoms with Gasteiger partial charge < -0.3 is 5.32 Å². The van der Waals surface area contributed by atoms with Crippen LogP contribution in [0, 0.1) is 23.2 Å². The fourth-order valence-electron chi connectivity index (χ4n) is 1.81. The highest BCUT2D eigenvalue weighted by Crippen LogP contribution is 2.46. The molecule has 0 aromatic carbocycles. The molecule has 0 spiro atoms. The van der Waals surface area contributed by atoms with Gasteiger partial charge in [0, 0.05) is 0 Å². The molecular formula is C9H11N3O2. The molecule has 3 unspecified atom stereocenters. The zero-order valence-electron chi connectivity index (χ0n) is 7.86. The molecule has 0 aromatic rings. The second-order valence-electron chi connectivity index (χ2n) is 3.71. The first-order valence-corrected chi connectivity index (χ1v) is 4.61. The highest BCUT2D eigenvalue weighted by Gasteiger charge is 2.58. The van der Waals surface area contributed by atoms with E-state index in [1.807, 2.05) is 6.07 Å². The van der Waals surface area contributed by atoms with Crippen LogP contribution >= 0.6 is 0 Å². The Labute approximate surface area is 81.7 Å². The normalized spacial score (nSPS) is 31.3. The van der Waals surface area contributed by atoms with Crippen LogP contribution in [0.4, 0.5) is 0 Å². The molecule has 2 amide bonds. The van der Waals surface area contributed by atoms with E-state index in [4.69, 9.17) is 5.26 Å². The van der Waals surface area contributed by atoms with Gasteiger partial charge in [-0.15, -0.1) is 0 Å². The van der Waals surface area contributed by atoms with Gasteiger partial charge in [0.15, 0.2) is 0 Å². The Morgan fingerprint density at radius 1 is 1.57 bits per heavy atom. The summed E-state index contributed by atoms with van der Waals surface area (Å²) in [5.74, 6) is -0.344. The lowest BCUT2D eigenvalue weighted by atomic mass is 10.3. The molecule has 1 N–H and O–H groups in total. The van der Waals surface area contributed by atoms with Gasteiger partial charge >= 0.3 is 0 Å². The summed E-state index contributed by atoms with van der Waals surface area (Å²) in [7, 11) is 1.64. The van der Waals surface area contributed by atoms with Crippen LogP contribution in [0.5, 0.6) is 0 Å². The second kappa shape index (κ2) is 3.07. The molecular weight excluding hydrogens is 182 g/mol. The molecule has 3 atom stereocenters. The van der Waals surface area contributed by atoms with Gasteiger partial charge in [0.25, 0.3) is 0 Å². The van der Waals surface area contributed by atoms with E-state index in [2.05, 4.69) is 5.32 Å². The fourth-order valence-corrected chi connectivity index (χ4v) is 1.81. The summed E-state index contributed by atoms with van der Waals surface area (Å²) in [6.45, 7) is 0.178. The van der Waals surface area contributed by atoms with Crippen LogP contribution in [-0.4, -0.2) is 36.3 Å². The standard InChI is InChI=1S/C9H11N3O2/c1-11-5(3-10)4-12-8(13)6-2-7(6)9(12)14/h5-7,11H,2,4H2,1H3. The van der Waals surface area contributed by atoms with Crippen molar-refractivity contribution in [3.05, 3.63) is 0 Å². The Bertz CT molecular complexity index is 313. The molecule has 1 aliphatic heterocycles. The number of likely N-dealkylation sites (tertiary alicyclic amines) is 1. The minimum Gasteiger partial charge on any atom is -0.304 e. The topological polar surface area (TPSA) is 73.2 Å². The van der Waals surface area contributed by atoms with Gasteiger partial charge in [0.2, 0.25) is 11.8 Å². The minimum absolute atomic E-state index is 0.0706. The van der Waals surface area contributed by atoms with Gasteiger partial charge in [-0.1, -0.05) is 0 Å². The van der Waals surface area contributed by atoms with Crippen LogP contribution in [0.15, 0.2) is 0 Å². The summed E-state index contributed by atoms with van der Waals surface area (Å²) in [6, 6.07) is 1.53. The second-order valence-corrected chi connectivity index (χ2v) is 3.71. The Kier molecular flexibility index (Phi) is 2.01. The SMILES string of the molecule is CNC(C#N)CN1C(=O)C2CC2C1=O. The molecule has 5 heteroatoms. The summed E-state index contributed by atoms with van der Waals surface area (Å²) in [4.78, 5) is 24.2. The smallest absolute Gasteiger partial charge is 0.233 e. The van der Waals surface area contributed by atoms with E-state index in [1.165, 1.54) is 4.90 Å². The number of likely N-dealkylation sites (N-methyl/N-ethyl adjacent to an activating group) is 1. The summed E-state index contributed by atoms with van der Waals surface area (Å²) in [5.41, 5.74) is 0. The molecule has 1 saturated carbocycles. The lowest BCUT2D eigenvalue weighted by Gasteiger charge is -2.18. The third kappa shape index (κ3) is 1.19. The van der Waals surface area contributed by atoms with Crippen molar-refractivity contribution < 1.29 is 9.59 Å². The Morgan fingerprint density at radius 3 is 2.57 bits per heavy atom. The van der Waals surface area contributed by atoms with E-state index < -0.39 is 6.04 Å². The van der Waals surface area contributed by atoms with E-state index >= 15 is 0 Å². The van der Waals surface area contributed by atoms with Crippen molar-refractivity contribution in [2.75, 3.05) is 13.6 Å². The molecule has 1 heterocycles. The number of fused-ring (bicyclic) bond motifs is 1.